The number of hydrogen-bond acceptors (Lipinski definition) is 7. The van der Waals surface area contributed by atoms with Gasteiger partial charge in [0.15, 0.2) is 11.5 Å². The van der Waals surface area contributed by atoms with E-state index in [-0.39, 0.29) is 24.5 Å². The summed E-state index contributed by atoms with van der Waals surface area (Å²) in [6, 6.07) is 6.93. The van der Waals surface area contributed by atoms with Crippen LogP contribution in [0.15, 0.2) is 41.5 Å². The van der Waals surface area contributed by atoms with Crippen molar-refractivity contribution in [3.63, 3.8) is 0 Å². The number of rotatable bonds is 8. The zero-order valence-corrected chi connectivity index (χ0v) is 17.3. The van der Waals surface area contributed by atoms with Crippen molar-refractivity contribution in [1.29, 1.82) is 0 Å². The van der Waals surface area contributed by atoms with Crippen LogP contribution in [-0.2, 0) is 13.0 Å². The van der Waals surface area contributed by atoms with Crippen molar-refractivity contribution in [3.05, 3.63) is 64.2 Å². The molecule has 11 heteroatoms. The molecule has 0 aliphatic rings. The number of aromatic nitrogens is 6. The Morgan fingerprint density at radius 2 is 2.00 bits per heavy atom. The maximum absolute atomic E-state index is 12.3. The molecule has 0 amide bonds. The van der Waals surface area contributed by atoms with Gasteiger partial charge in [0, 0.05) is 24.4 Å². The molecule has 0 bridgehead atoms. The second kappa shape index (κ2) is 9.08. The van der Waals surface area contributed by atoms with Crippen LogP contribution in [0.4, 0.5) is 14.6 Å². The van der Waals surface area contributed by atoms with Crippen LogP contribution in [-0.4, -0.2) is 35.9 Å². The Bertz CT molecular complexity index is 1270. The minimum Gasteiger partial charge on any atom is -0.437 e. The van der Waals surface area contributed by atoms with Gasteiger partial charge in [-0.05, 0) is 37.5 Å². The molecule has 0 fully saturated rings. The molecule has 32 heavy (non-hydrogen) atoms. The van der Waals surface area contributed by atoms with Crippen molar-refractivity contribution in [2.75, 3.05) is 5.73 Å². The Morgan fingerprint density at radius 1 is 1.16 bits per heavy atom. The first-order valence-electron chi connectivity index (χ1n) is 9.97. The highest BCUT2D eigenvalue weighted by Crippen LogP contribution is 2.20. The minimum atomic E-state index is -2.29. The van der Waals surface area contributed by atoms with Gasteiger partial charge in [-0.1, -0.05) is 6.07 Å². The summed E-state index contributed by atoms with van der Waals surface area (Å²) in [5.74, 6) is 1.53. The van der Waals surface area contributed by atoms with Gasteiger partial charge >= 0.3 is 5.69 Å². The molecule has 4 rings (SSSR count). The van der Waals surface area contributed by atoms with Crippen molar-refractivity contribution >= 4 is 17.0 Å². The van der Waals surface area contributed by atoms with E-state index in [4.69, 9.17) is 10.5 Å². The molecule has 0 aromatic carbocycles. The zero-order valence-electron chi connectivity index (χ0n) is 17.3. The first-order chi connectivity index (χ1) is 15.4. The highest BCUT2D eigenvalue weighted by molar-refractivity contribution is 5.81. The number of pyridine rings is 2. The third-order valence-electron chi connectivity index (χ3n) is 4.78. The number of fused-ring (bicyclic) bond motifs is 1. The SMILES string of the molecule is Cc1nc(N)c2[nH]c(=O)n(Cc3ccc(Oc4ccc(CCCC(F)F)nc4)nc3)c2n1. The van der Waals surface area contributed by atoms with E-state index in [1.165, 1.54) is 10.8 Å². The summed E-state index contributed by atoms with van der Waals surface area (Å²) in [6.45, 7) is 1.95. The van der Waals surface area contributed by atoms with Gasteiger partial charge in [0.2, 0.25) is 12.3 Å². The van der Waals surface area contributed by atoms with Crippen molar-refractivity contribution in [2.45, 2.75) is 39.2 Å². The topological polar surface area (TPSA) is 125 Å². The highest BCUT2D eigenvalue weighted by Gasteiger charge is 2.13. The lowest BCUT2D eigenvalue weighted by molar-refractivity contribution is 0.135. The summed E-state index contributed by atoms with van der Waals surface area (Å²) < 4.78 is 31.6. The molecule has 0 aliphatic heterocycles. The largest absolute Gasteiger partial charge is 0.437 e. The summed E-state index contributed by atoms with van der Waals surface area (Å²) in [5.41, 5.74) is 7.86. The van der Waals surface area contributed by atoms with E-state index in [1.54, 1.807) is 37.4 Å². The summed E-state index contributed by atoms with van der Waals surface area (Å²) in [5, 5.41) is 0. The Balaban J connectivity index is 1.42. The number of ether oxygens (including phenoxy) is 1. The highest BCUT2D eigenvalue weighted by atomic mass is 19.3. The van der Waals surface area contributed by atoms with Crippen molar-refractivity contribution in [3.8, 4) is 11.6 Å². The molecular weight excluding hydrogens is 420 g/mol. The van der Waals surface area contributed by atoms with Gasteiger partial charge in [-0.3, -0.25) is 9.55 Å². The lowest BCUT2D eigenvalue weighted by Gasteiger charge is -2.07. The first kappa shape index (κ1) is 21.3. The fourth-order valence-corrected chi connectivity index (χ4v) is 3.24. The third-order valence-corrected chi connectivity index (χ3v) is 4.78. The molecule has 0 radical (unpaired) electrons. The van der Waals surface area contributed by atoms with Crippen LogP contribution in [0.1, 0.15) is 29.9 Å². The lowest BCUT2D eigenvalue weighted by Crippen LogP contribution is -2.18. The molecule has 4 heterocycles. The van der Waals surface area contributed by atoms with Gasteiger partial charge in [-0.2, -0.15) is 0 Å². The minimum absolute atomic E-state index is 0.138. The summed E-state index contributed by atoms with van der Waals surface area (Å²) in [4.78, 5) is 31.9. The maximum atomic E-state index is 12.3. The number of nitrogens with two attached hydrogens (primary N) is 1. The Hall–Kier alpha value is -3.89. The van der Waals surface area contributed by atoms with Gasteiger partial charge in [-0.15, -0.1) is 0 Å². The number of anilines is 1. The van der Waals surface area contributed by atoms with Crippen LogP contribution >= 0.6 is 0 Å². The van der Waals surface area contributed by atoms with E-state index in [0.717, 1.165) is 11.3 Å². The van der Waals surface area contributed by atoms with E-state index < -0.39 is 6.43 Å². The molecule has 3 N–H and O–H groups in total. The Morgan fingerprint density at radius 3 is 2.69 bits per heavy atom. The molecule has 0 unspecified atom stereocenters. The molecule has 4 aromatic rings. The van der Waals surface area contributed by atoms with Gasteiger partial charge in [-0.25, -0.2) is 28.5 Å². The molecule has 0 saturated heterocycles. The average molecular weight is 441 g/mol. The molecule has 0 aliphatic carbocycles. The fraction of sp³-hybridized carbons (Fsp3) is 0.286. The first-order valence-corrected chi connectivity index (χ1v) is 9.97. The molecule has 0 saturated carbocycles. The quantitative estimate of drug-likeness (QED) is 0.430. The van der Waals surface area contributed by atoms with Crippen LogP contribution in [0.2, 0.25) is 0 Å². The van der Waals surface area contributed by atoms with Crippen LogP contribution < -0.4 is 16.2 Å². The van der Waals surface area contributed by atoms with E-state index in [1.807, 2.05) is 0 Å². The number of halogens is 2. The zero-order chi connectivity index (χ0) is 22.7. The van der Waals surface area contributed by atoms with E-state index in [2.05, 4.69) is 24.9 Å². The standard InChI is InChI=1S/C21H21F2N7O2/c1-12-27-19(24)18-20(28-12)30(21(31)29-18)11-13-5-8-17(26-9-13)32-15-7-6-14(25-10-15)3-2-4-16(22)23/h5-10,16H,2-4,11H2,1H3,(H,29,31)(H2,24,27,28). The summed E-state index contributed by atoms with van der Waals surface area (Å²) in [6.07, 6.45) is 1.57. The van der Waals surface area contributed by atoms with Crippen LogP contribution in [0.25, 0.3) is 11.2 Å². The number of aryl methyl sites for hydroxylation is 2. The second-order valence-electron chi connectivity index (χ2n) is 7.25. The van der Waals surface area contributed by atoms with Gasteiger partial charge < -0.3 is 15.5 Å². The van der Waals surface area contributed by atoms with Gasteiger partial charge in [0.1, 0.15) is 17.1 Å². The molecule has 0 spiro atoms. The van der Waals surface area contributed by atoms with Crippen LogP contribution in [0.5, 0.6) is 11.6 Å². The number of nitrogen functional groups attached to an aromatic ring is 1. The molecule has 9 nitrogen and oxygen atoms in total. The number of nitrogens with one attached hydrogen (secondary N) is 1. The smallest absolute Gasteiger partial charge is 0.328 e. The maximum Gasteiger partial charge on any atom is 0.328 e. The predicted octanol–water partition coefficient (Wildman–Crippen LogP) is 3.23. The van der Waals surface area contributed by atoms with Gasteiger partial charge in [0.25, 0.3) is 0 Å². The molecule has 0 atom stereocenters. The van der Waals surface area contributed by atoms with E-state index in [9.17, 15) is 13.6 Å². The number of aromatic amines is 1. The number of H-pyrrole nitrogens is 1. The second-order valence-corrected chi connectivity index (χ2v) is 7.25. The van der Waals surface area contributed by atoms with Crippen molar-refractivity contribution < 1.29 is 13.5 Å². The molecule has 4 aromatic heterocycles. The Kier molecular flexibility index (Phi) is 6.06. The Labute approximate surface area is 181 Å². The van der Waals surface area contributed by atoms with Crippen LogP contribution in [0, 0.1) is 6.92 Å². The summed E-state index contributed by atoms with van der Waals surface area (Å²) >= 11 is 0. The number of nitrogens with zero attached hydrogens (tertiary/aromatic N) is 5. The number of alkyl halides is 2. The van der Waals surface area contributed by atoms with E-state index in [0.29, 0.717) is 41.5 Å². The normalized spacial score (nSPS) is 11.4. The molecule has 166 valence electrons. The number of imidazole rings is 1. The van der Waals surface area contributed by atoms with Crippen molar-refractivity contribution in [2.24, 2.45) is 0 Å². The van der Waals surface area contributed by atoms with Crippen LogP contribution in [0.3, 0.4) is 0 Å². The van der Waals surface area contributed by atoms with Crippen molar-refractivity contribution in [1.82, 2.24) is 29.5 Å². The van der Waals surface area contributed by atoms with E-state index >= 15 is 0 Å². The monoisotopic (exact) mass is 441 g/mol. The molecular formula is C21H21F2N7O2. The number of hydrogen-bond donors (Lipinski definition) is 2. The third kappa shape index (κ3) is 4.88. The fourth-order valence-electron chi connectivity index (χ4n) is 3.24. The van der Waals surface area contributed by atoms with Gasteiger partial charge in [0.05, 0.1) is 12.7 Å². The lowest BCUT2D eigenvalue weighted by atomic mass is 10.2. The average Bonchev–Trinajstić information content (AvgIpc) is 3.06. The summed E-state index contributed by atoms with van der Waals surface area (Å²) in [7, 11) is 0. The predicted molar refractivity (Wildman–Crippen MR) is 114 cm³/mol.